The fourth-order valence-corrected chi connectivity index (χ4v) is 2.54. The lowest BCUT2D eigenvalue weighted by molar-refractivity contribution is -0.146. The molecule has 0 spiro atoms. The van der Waals surface area contributed by atoms with Gasteiger partial charge in [-0.25, -0.2) is 15.0 Å². The molecule has 0 aliphatic carbocycles. The first kappa shape index (κ1) is 15.3. The predicted octanol–water partition coefficient (Wildman–Crippen LogP) is 1.63. The van der Waals surface area contributed by atoms with Gasteiger partial charge in [0.05, 0.1) is 5.56 Å². The Bertz CT molecular complexity index is 719. The summed E-state index contributed by atoms with van der Waals surface area (Å²) in [4.78, 5) is 17.1. The largest absolute Gasteiger partial charge is 0.408 e. The van der Waals surface area contributed by atoms with Gasteiger partial charge >= 0.3 is 6.18 Å². The smallest absolute Gasteiger partial charge is 0.384 e. The van der Waals surface area contributed by atoms with Crippen LogP contribution < -0.4 is 16.4 Å². The highest BCUT2D eigenvalue weighted by Crippen LogP contribution is 2.35. The Morgan fingerprint density at radius 3 is 2.61 bits per heavy atom. The first-order valence-electron chi connectivity index (χ1n) is 6.91. The Morgan fingerprint density at radius 1 is 1.17 bits per heavy atom. The third kappa shape index (κ3) is 2.96. The molecule has 1 unspecified atom stereocenters. The minimum Gasteiger partial charge on any atom is -0.384 e. The molecule has 1 fully saturated rings. The number of halogens is 3. The SMILES string of the molecule is Nc1ccnc(-c2cnc(N3CCCC3C(F)(F)F)nc2N)n1. The van der Waals surface area contributed by atoms with Crippen LogP contribution in [0, 0.1) is 0 Å². The number of alkyl halides is 3. The second-order valence-corrected chi connectivity index (χ2v) is 5.17. The molecule has 10 heteroatoms. The van der Waals surface area contributed by atoms with Crippen LogP contribution in [-0.2, 0) is 0 Å². The molecule has 7 nitrogen and oxygen atoms in total. The molecule has 0 aromatic carbocycles. The van der Waals surface area contributed by atoms with E-state index in [-0.39, 0.29) is 36.4 Å². The summed E-state index contributed by atoms with van der Waals surface area (Å²) < 4.78 is 39.1. The van der Waals surface area contributed by atoms with Gasteiger partial charge in [0, 0.05) is 18.9 Å². The number of nitrogens with two attached hydrogens (primary N) is 2. The summed E-state index contributed by atoms with van der Waals surface area (Å²) in [6, 6.07) is -0.0797. The fourth-order valence-electron chi connectivity index (χ4n) is 2.54. The van der Waals surface area contributed by atoms with Crippen LogP contribution >= 0.6 is 0 Å². The lowest BCUT2D eigenvalue weighted by atomic mass is 10.2. The van der Waals surface area contributed by atoms with Gasteiger partial charge in [0.15, 0.2) is 5.82 Å². The Labute approximate surface area is 129 Å². The molecule has 0 radical (unpaired) electrons. The molecule has 1 aliphatic rings. The average molecular weight is 325 g/mol. The summed E-state index contributed by atoms with van der Waals surface area (Å²) in [5.41, 5.74) is 11.7. The minimum atomic E-state index is -4.33. The maximum absolute atomic E-state index is 13.0. The van der Waals surface area contributed by atoms with Gasteiger partial charge in [0.2, 0.25) is 5.95 Å². The van der Waals surface area contributed by atoms with Gasteiger partial charge in [-0.15, -0.1) is 0 Å². The van der Waals surface area contributed by atoms with Crippen molar-refractivity contribution in [3.05, 3.63) is 18.5 Å². The number of rotatable bonds is 2. The van der Waals surface area contributed by atoms with Crippen LogP contribution in [0.1, 0.15) is 12.8 Å². The number of anilines is 3. The molecule has 0 bridgehead atoms. The maximum atomic E-state index is 13.0. The molecule has 2 aromatic heterocycles. The quantitative estimate of drug-likeness (QED) is 0.864. The van der Waals surface area contributed by atoms with Crippen LogP contribution in [0.5, 0.6) is 0 Å². The third-order valence-corrected chi connectivity index (χ3v) is 3.61. The second kappa shape index (κ2) is 5.52. The van der Waals surface area contributed by atoms with E-state index in [2.05, 4.69) is 19.9 Å². The number of nitrogens with zero attached hydrogens (tertiary/aromatic N) is 5. The Kier molecular flexibility index (Phi) is 3.66. The van der Waals surface area contributed by atoms with E-state index in [4.69, 9.17) is 11.5 Å². The molecule has 3 rings (SSSR count). The van der Waals surface area contributed by atoms with Crippen molar-refractivity contribution in [3.63, 3.8) is 0 Å². The normalized spacial score (nSPS) is 18.4. The van der Waals surface area contributed by atoms with Gasteiger partial charge in [0.25, 0.3) is 0 Å². The van der Waals surface area contributed by atoms with Crippen molar-refractivity contribution in [1.82, 2.24) is 19.9 Å². The Morgan fingerprint density at radius 2 is 1.96 bits per heavy atom. The van der Waals surface area contributed by atoms with Gasteiger partial charge in [-0.2, -0.15) is 18.2 Å². The van der Waals surface area contributed by atoms with E-state index in [1.807, 2.05) is 0 Å². The number of hydrogen-bond acceptors (Lipinski definition) is 7. The molecule has 1 aliphatic heterocycles. The summed E-state index contributed by atoms with van der Waals surface area (Å²) in [7, 11) is 0. The van der Waals surface area contributed by atoms with Crippen molar-refractivity contribution in [1.29, 1.82) is 0 Å². The second-order valence-electron chi connectivity index (χ2n) is 5.17. The molecular formula is C13H14F3N7. The van der Waals surface area contributed by atoms with E-state index < -0.39 is 12.2 Å². The summed E-state index contributed by atoms with van der Waals surface area (Å²) in [5.74, 6) is 0.432. The van der Waals surface area contributed by atoms with Crippen molar-refractivity contribution in [2.75, 3.05) is 22.9 Å². The van der Waals surface area contributed by atoms with Crippen molar-refractivity contribution in [2.24, 2.45) is 0 Å². The van der Waals surface area contributed by atoms with Crippen LogP contribution in [0.2, 0.25) is 0 Å². The molecule has 0 amide bonds. The summed E-state index contributed by atoms with van der Waals surface area (Å²) >= 11 is 0. The van der Waals surface area contributed by atoms with E-state index in [1.54, 1.807) is 0 Å². The average Bonchev–Trinajstić information content (AvgIpc) is 2.96. The maximum Gasteiger partial charge on any atom is 0.408 e. The van der Waals surface area contributed by atoms with Crippen LogP contribution in [0.15, 0.2) is 18.5 Å². The van der Waals surface area contributed by atoms with Gasteiger partial charge < -0.3 is 16.4 Å². The zero-order valence-electron chi connectivity index (χ0n) is 12.0. The van der Waals surface area contributed by atoms with E-state index in [0.717, 1.165) is 4.90 Å². The molecule has 0 saturated carbocycles. The lowest BCUT2D eigenvalue weighted by Gasteiger charge is -2.26. The van der Waals surface area contributed by atoms with Crippen molar-refractivity contribution >= 4 is 17.6 Å². The van der Waals surface area contributed by atoms with Gasteiger partial charge in [0.1, 0.15) is 17.7 Å². The molecule has 1 saturated heterocycles. The standard InChI is InChI=1S/C13H14F3N7/c14-13(15,16)8-2-1-5-23(8)12-20-6-7(10(18)22-12)11-19-4-3-9(17)21-11/h3-4,6,8H,1-2,5H2,(H2,17,19,21)(H2,18,20,22). The zero-order valence-corrected chi connectivity index (χ0v) is 12.0. The molecular weight excluding hydrogens is 311 g/mol. The highest BCUT2D eigenvalue weighted by atomic mass is 19.4. The zero-order chi connectivity index (χ0) is 16.6. The summed E-state index contributed by atoms with van der Waals surface area (Å²) in [5, 5.41) is 0. The molecule has 2 aromatic rings. The first-order chi connectivity index (χ1) is 10.9. The Balaban J connectivity index is 1.93. The number of hydrogen-bond donors (Lipinski definition) is 2. The summed E-state index contributed by atoms with van der Waals surface area (Å²) in [6.45, 7) is 0.234. The molecule has 4 N–H and O–H groups in total. The van der Waals surface area contributed by atoms with Crippen molar-refractivity contribution in [2.45, 2.75) is 25.1 Å². The van der Waals surface area contributed by atoms with Gasteiger partial charge in [-0.1, -0.05) is 0 Å². The van der Waals surface area contributed by atoms with Crippen LogP contribution in [0.3, 0.4) is 0 Å². The predicted molar refractivity (Wildman–Crippen MR) is 78.3 cm³/mol. The van der Waals surface area contributed by atoms with Gasteiger partial charge in [-0.05, 0) is 18.9 Å². The minimum absolute atomic E-state index is 0.00780. The van der Waals surface area contributed by atoms with Crippen LogP contribution in [-0.4, -0.2) is 38.7 Å². The van der Waals surface area contributed by atoms with E-state index in [0.29, 0.717) is 12.0 Å². The molecule has 23 heavy (non-hydrogen) atoms. The number of aromatic nitrogens is 4. The Hall–Kier alpha value is -2.65. The highest BCUT2D eigenvalue weighted by Gasteiger charge is 2.47. The van der Waals surface area contributed by atoms with E-state index in [1.165, 1.54) is 18.5 Å². The number of nitrogen functional groups attached to an aromatic ring is 2. The third-order valence-electron chi connectivity index (χ3n) is 3.61. The fraction of sp³-hybridized carbons (Fsp3) is 0.385. The lowest BCUT2D eigenvalue weighted by Crippen LogP contribution is -2.42. The summed E-state index contributed by atoms with van der Waals surface area (Å²) in [6.07, 6.45) is -1.12. The van der Waals surface area contributed by atoms with Gasteiger partial charge in [-0.3, -0.25) is 0 Å². The van der Waals surface area contributed by atoms with Crippen molar-refractivity contribution in [3.8, 4) is 11.4 Å². The topological polar surface area (TPSA) is 107 Å². The molecule has 1 atom stereocenters. The van der Waals surface area contributed by atoms with E-state index in [9.17, 15) is 13.2 Å². The van der Waals surface area contributed by atoms with Crippen molar-refractivity contribution < 1.29 is 13.2 Å². The highest BCUT2D eigenvalue weighted by molar-refractivity contribution is 5.69. The molecule has 122 valence electrons. The van der Waals surface area contributed by atoms with Crippen LogP contribution in [0.25, 0.3) is 11.4 Å². The van der Waals surface area contributed by atoms with E-state index >= 15 is 0 Å². The monoisotopic (exact) mass is 325 g/mol. The van der Waals surface area contributed by atoms with Crippen LogP contribution in [0.4, 0.5) is 30.8 Å². The first-order valence-corrected chi connectivity index (χ1v) is 6.91. The molecule has 3 heterocycles.